The van der Waals surface area contributed by atoms with E-state index in [1.807, 2.05) is 33.9 Å². The van der Waals surface area contributed by atoms with Crippen LogP contribution in [0.5, 0.6) is 17.2 Å². The van der Waals surface area contributed by atoms with Gasteiger partial charge in [0.1, 0.15) is 23.8 Å². The third-order valence-corrected chi connectivity index (χ3v) is 15.9. The summed E-state index contributed by atoms with van der Waals surface area (Å²) < 4.78 is 53.1. The molecule has 0 bridgehead atoms. The van der Waals surface area contributed by atoms with Gasteiger partial charge in [-0.2, -0.15) is 0 Å². The second-order valence-electron chi connectivity index (χ2n) is 23.4. The van der Waals surface area contributed by atoms with Crippen LogP contribution in [0.1, 0.15) is 123 Å². The van der Waals surface area contributed by atoms with Crippen LogP contribution in [0.15, 0.2) is 83.3 Å². The summed E-state index contributed by atoms with van der Waals surface area (Å²) in [6, 6.07) is 11.4. The van der Waals surface area contributed by atoms with Crippen LogP contribution in [-0.4, -0.2) is 181 Å². The van der Waals surface area contributed by atoms with Gasteiger partial charge in [-0.15, -0.1) is 5.10 Å². The number of hydrogen-bond donors (Lipinski definition) is 3. The van der Waals surface area contributed by atoms with Crippen LogP contribution >= 0.6 is 0 Å². The van der Waals surface area contributed by atoms with Crippen molar-refractivity contribution in [1.29, 1.82) is 0 Å². The lowest BCUT2D eigenvalue weighted by Crippen LogP contribution is -2.50. The van der Waals surface area contributed by atoms with Crippen LogP contribution in [0, 0.1) is 11.8 Å². The number of rotatable bonds is 37. The third kappa shape index (κ3) is 19.1. The third-order valence-electron chi connectivity index (χ3n) is 15.9. The van der Waals surface area contributed by atoms with Gasteiger partial charge in [-0.3, -0.25) is 33.6 Å². The van der Waals surface area contributed by atoms with Gasteiger partial charge < -0.3 is 68.0 Å². The molecular formula is C66H86N8O17. The number of methoxy groups -OCH3 is 1. The summed E-state index contributed by atoms with van der Waals surface area (Å²) in [6.07, 6.45) is 7.69. The van der Waals surface area contributed by atoms with E-state index in [-0.39, 0.29) is 104 Å². The summed E-state index contributed by atoms with van der Waals surface area (Å²) in [7, 11) is 3.24. The molecule has 3 N–H and O–H groups in total. The Morgan fingerprint density at radius 2 is 1.34 bits per heavy atom. The fourth-order valence-electron chi connectivity index (χ4n) is 10.9. The fourth-order valence-corrected chi connectivity index (χ4v) is 10.9. The first-order valence-corrected chi connectivity index (χ1v) is 31.0. The average molecular weight is 1260 g/mol. The molecule has 1 aromatic heterocycles. The number of ether oxygens (including phenoxy) is 9. The summed E-state index contributed by atoms with van der Waals surface area (Å²) in [5.41, 5.74) is 5.45. The maximum Gasteiger partial charge on any atom is 0.416 e. The maximum atomic E-state index is 14.2. The van der Waals surface area contributed by atoms with Crippen LogP contribution in [0.2, 0.25) is 0 Å². The Balaban J connectivity index is 0.748. The van der Waals surface area contributed by atoms with Gasteiger partial charge in [0.15, 0.2) is 23.5 Å². The van der Waals surface area contributed by atoms with Crippen molar-refractivity contribution in [3.05, 3.63) is 112 Å². The Morgan fingerprint density at radius 3 is 1.99 bits per heavy atom. The standard InChI is InChI=1S/C66H86N8O17/c1-42(2)52(31-51(76)15-18-84-19-20-85-21-22-86-23-24-87-25-26-88-41-49-38-71(6)70-69-49)62(78)68-45(5)58(77)29-46-11-13-47(14-12-46)40-91-66(82)74-56-34-61(60(83-7)32-54(56)64(80)73-37-44(4)28-57(73)65(74)81)90-17-10-8-9-16-89-59-33-55-53(30-48(59)39-75)63(79)72-36-43(3)27-50(72)35-67-55/h11-14,30,32-38,42,45,50,52,57,65,75,81H,8-10,15-29,31,39-41H2,1-7H3,(H,68,78)/t45-,50-,52-,57-,65-/m0/s1. The van der Waals surface area contributed by atoms with E-state index < -0.39 is 36.2 Å². The lowest BCUT2D eigenvalue weighted by molar-refractivity contribution is -0.133. The summed E-state index contributed by atoms with van der Waals surface area (Å²) in [6.45, 7) is 12.8. The SMILES string of the molecule is COc1cc2c(cc1OCCCCCOc1cc3c(cc1CO)C(=O)N1C=C(C)C[C@H]1C=N3)N(C(=O)OCc1ccc(CC(=O)[C@H](C)NC(=O)[C@@H](CC(=O)CCOCCOCCOCCOCCOCc3cn(C)nn3)C(C)C)cc1)[C@@H](O)[C@@H]1CC(C)=CN1C2=O. The number of nitrogens with zero attached hydrogens (tertiary/aromatic N) is 7. The van der Waals surface area contributed by atoms with Gasteiger partial charge in [-0.25, -0.2) is 9.69 Å². The molecule has 0 saturated heterocycles. The molecule has 3 aromatic carbocycles. The number of aromatic nitrogens is 3. The number of aliphatic imine (C=N–C) groups is 1. The number of carbonyl (C=O) groups is 6. The Bertz CT molecular complexity index is 3250. The van der Waals surface area contributed by atoms with Crippen molar-refractivity contribution >= 4 is 53.0 Å². The molecule has 4 aliphatic rings. The lowest BCUT2D eigenvalue weighted by Gasteiger charge is -2.31. The Labute approximate surface area is 530 Å². The zero-order valence-corrected chi connectivity index (χ0v) is 53.1. The summed E-state index contributed by atoms with van der Waals surface area (Å²) in [4.78, 5) is 90.4. The molecule has 25 nitrogen and oxygen atoms in total. The maximum absolute atomic E-state index is 14.2. The highest BCUT2D eigenvalue weighted by atomic mass is 16.6. The van der Waals surface area contributed by atoms with Crippen molar-refractivity contribution in [2.24, 2.45) is 23.9 Å². The Morgan fingerprint density at radius 1 is 0.714 bits per heavy atom. The molecule has 5 atom stereocenters. The van der Waals surface area contributed by atoms with Crippen molar-refractivity contribution < 1.29 is 81.6 Å². The predicted octanol–water partition coefficient (Wildman–Crippen LogP) is 6.89. The van der Waals surface area contributed by atoms with E-state index in [2.05, 4.69) is 20.6 Å². The minimum Gasteiger partial charge on any atom is -0.493 e. The number of aliphatic hydroxyl groups is 2. The second-order valence-corrected chi connectivity index (χ2v) is 23.4. The highest BCUT2D eigenvalue weighted by Gasteiger charge is 2.45. The van der Waals surface area contributed by atoms with Crippen molar-refractivity contribution in [2.45, 2.75) is 130 Å². The number of aryl methyl sites for hydroxylation is 1. The molecule has 0 unspecified atom stereocenters. The summed E-state index contributed by atoms with van der Waals surface area (Å²) >= 11 is 0. The largest absolute Gasteiger partial charge is 0.493 e. The minimum atomic E-state index is -1.51. The fraction of sp³-hybridized carbons (Fsp3) is 0.530. The van der Waals surface area contributed by atoms with E-state index in [1.165, 1.54) is 24.1 Å². The van der Waals surface area contributed by atoms with E-state index in [1.54, 1.807) is 78.6 Å². The number of unbranched alkanes of at least 4 members (excludes halogenated alkanes) is 2. The Kier molecular flexibility index (Phi) is 25.7. The zero-order chi connectivity index (χ0) is 65.0. The quantitative estimate of drug-likeness (QED) is 0.0387. The first kappa shape index (κ1) is 69.0. The molecule has 0 spiro atoms. The smallest absolute Gasteiger partial charge is 0.416 e. The van der Waals surface area contributed by atoms with E-state index in [0.29, 0.717) is 132 Å². The van der Waals surface area contributed by atoms with Gasteiger partial charge in [0.25, 0.3) is 11.8 Å². The van der Waals surface area contributed by atoms with Crippen molar-refractivity contribution in [1.82, 2.24) is 30.1 Å². The highest BCUT2D eigenvalue weighted by molar-refractivity contribution is 6.07. The Hall–Kier alpha value is -7.91. The minimum absolute atomic E-state index is 0.00150. The zero-order valence-electron chi connectivity index (χ0n) is 53.1. The van der Waals surface area contributed by atoms with Gasteiger partial charge in [0, 0.05) is 68.5 Å². The molecular weight excluding hydrogens is 1180 g/mol. The van der Waals surface area contributed by atoms with Crippen LogP contribution in [-0.2, 0) is 76.1 Å². The summed E-state index contributed by atoms with van der Waals surface area (Å²) in [5, 5.41) is 32.8. The number of fused-ring (bicyclic) bond motifs is 4. The first-order valence-electron chi connectivity index (χ1n) is 31.0. The van der Waals surface area contributed by atoms with Crippen LogP contribution in [0.25, 0.3) is 0 Å². The highest BCUT2D eigenvalue weighted by Crippen LogP contribution is 2.42. The van der Waals surface area contributed by atoms with Gasteiger partial charge >= 0.3 is 6.09 Å². The molecule has 0 fully saturated rings. The van der Waals surface area contributed by atoms with Crippen molar-refractivity contribution in [3.8, 4) is 17.2 Å². The van der Waals surface area contributed by atoms with E-state index in [9.17, 15) is 39.0 Å². The van der Waals surface area contributed by atoms with E-state index in [4.69, 9.17) is 42.6 Å². The number of nitrogens with one attached hydrogen (secondary N) is 1. The van der Waals surface area contributed by atoms with Crippen LogP contribution < -0.4 is 24.4 Å². The van der Waals surface area contributed by atoms with Crippen molar-refractivity contribution in [2.75, 3.05) is 84.7 Å². The number of anilines is 1. The topological polar surface area (TPSA) is 291 Å². The number of aliphatic hydroxyl groups excluding tert-OH is 2. The van der Waals surface area contributed by atoms with Gasteiger partial charge in [-0.05, 0) is 82.1 Å². The molecule has 492 valence electrons. The van der Waals surface area contributed by atoms with Crippen molar-refractivity contribution in [3.63, 3.8) is 0 Å². The molecule has 91 heavy (non-hydrogen) atoms. The summed E-state index contributed by atoms with van der Waals surface area (Å²) in [5.74, 6) is -1.27. The normalized spacial score (nSPS) is 17.3. The molecule has 4 aliphatic heterocycles. The van der Waals surface area contributed by atoms with E-state index >= 15 is 0 Å². The molecule has 0 radical (unpaired) electrons. The van der Waals surface area contributed by atoms with Crippen LogP contribution in [0.4, 0.5) is 16.2 Å². The predicted molar refractivity (Wildman–Crippen MR) is 333 cm³/mol. The molecule has 8 rings (SSSR count). The van der Waals surface area contributed by atoms with Gasteiger partial charge in [-0.1, -0.05) is 54.5 Å². The molecule has 25 heteroatoms. The molecule has 4 amide bonds. The second kappa shape index (κ2) is 34.0. The number of benzene rings is 3. The number of Topliss-reactive ketones (excluding diaryl/α,β-unsaturated/α-hetero) is 2. The van der Waals surface area contributed by atoms with Crippen LogP contribution in [0.3, 0.4) is 0 Å². The first-order chi connectivity index (χ1) is 43.9. The lowest BCUT2D eigenvalue weighted by atomic mass is 9.88. The number of ketones is 2. The number of carbonyl (C=O) groups excluding carboxylic acids is 6. The molecule has 5 heterocycles. The molecule has 4 aromatic rings. The van der Waals surface area contributed by atoms with E-state index in [0.717, 1.165) is 21.7 Å². The molecule has 0 aliphatic carbocycles. The monoisotopic (exact) mass is 1260 g/mol. The molecule has 0 saturated carbocycles. The number of amides is 4. The van der Waals surface area contributed by atoms with Gasteiger partial charge in [0.2, 0.25) is 5.91 Å². The number of hydrogen-bond acceptors (Lipinski definition) is 20. The average Bonchev–Trinajstić information content (AvgIpc) is 1.66. The van der Waals surface area contributed by atoms with Gasteiger partial charge in [0.05, 0.1) is 140 Å².